The van der Waals surface area contributed by atoms with E-state index in [4.69, 9.17) is 8.83 Å². The predicted octanol–water partition coefficient (Wildman–Crippen LogP) is 8.51. The zero-order valence-corrected chi connectivity index (χ0v) is 20.9. The van der Waals surface area contributed by atoms with Crippen LogP contribution >= 0.6 is 0 Å². The largest absolute Gasteiger partial charge is 0.454 e. The molecule has 0 N–H and O–H groups in total. The van der Waals surface area contributed by atoms with Gasteiger partial charge in [0, 0.05) is 33.3 Å². The molecule has 9 rings (SSSR count). The molecule has 2 aliphatic rings. The highest BCUT2D eigenvalue weighted by molar-refractivity contribution is 6.86. The Kier molecular flexibility index (Phi) is 4.11. The van der Waals surface area contributed by atoms with Gasteiger partial charge in [-0.2, -0.15) is 0 Å². The van der Waals surface area contributed by atoms with Crippen LogP contribution in [-0.2, 0) is 0 Å². The van der Waals surface area contributed by atoms with Crippen molar-refractivity contribution in [2.24, 2.45) is 0 Å². The van der Waals surface area contributed by atoms with Crippen LogP contribution in [-0.4, -0.2) is 6.98 Å². The third kappa shape index (κ3) is 2.74. The van der Waals surface area contributed by atoms with Gasteiger partial charge in [0.1, 0.15) is 11.2 Å². The van der Waals surface area contributed by atoms with Gasteiger partial charge in [-0.25, -0.2) is 0 Å². The molecular weight excluding hydrogens is 479 g/mol. The lowest BCUT2D eigenvalue weighted by Gasteiger charge is -2.45. The van der Waals surface area contributed by atoms with Crippen LogP contribution in [0.15, 0.2) is 136 Å². The Morgan fingerprint density at radius 2 is 0.872 bits per heavy atom. The van der Waals surface area contributed by atoms with E-state index in [0.717, 1.165) is 67.3 Å². The first kappa shape index (κ1) is 20.9. The molecule has 5 aromatic carbocycles. The van der Waals surface area contributed by atoms with Gasteiger partial charge in [-0.3, -0.25) is 0 Å². The molecule has 182 valence electrons. The van der Waals surface area contributed by atoms with Crippen molar-refractivity contribution in [3.63, 3.8) is 0 Å². The molecule has 0 aliphatic carbocycles. The zero-order valence-electron chi connectivity index (χ0n) is 20.9. The summed E-state index contributed by atoms with van der Waals surface area (Å²) in [5, 5.41) is 2.20. The summed E-state index contributed by atoms with van der Waals surface area (Å²) in [5.41, 5.74) is 9.53. The van der Waals surface area contributed by atoms with Crippen molar-refractivity contribution in [3.8, 4) is 22.6 Å². The Hall–Kier alpha value is -5.16. The SMILES string of the molecule is c1ccc(N2B3c4c(cccc4-c4oc5ccccc5c4N3c3ccccc3)-c3oc4ccccc4c32)cc1. The van der Waals surface area contributed by atoms with Gasteiger partial charge in [-0.15, -0.1) is 0 Å². The molecule has 0 fully saturated rings. The minimum atomic E-state index is -0.164. The lowest BCUT2D eigenvalue weighted by atomic mass is 9.54. The number of anilines is 4. The zero-order chi connectivity index (χ0) is 25.5. The van der Waals surface area contributed by atoms with Crippen LogP contribution < -0.4 is 15.1 Å². The molecule has 0 saturated heterocycles. The maximum Gasteiger partial charge on any atom is 0.422 e. The summed E-state index contributed by atoms with van der Waals surface area (Å²) < 4.78 is 13.3. The van der Waals surface area contributed by atoms with E-state index in [9.17, 15) is 0 Å². The van der Waals surface area contributed by atoms with E-state index in [-0.39, 0.29) is 6.98 Å². The lowest BCUT2D eigenvalue weighted by Crippen LogP contribution is -2.61. The third-order valence-electron chi connectivity index (χ3n) is 8.03. The third-order valence-corrected chi connectivity index (χ3v) is 8.03. The van der Waals surface area contributed by atoms with Crippen molar-refractivity contribution >= 4 is 57.1 Å². The van der Waals surface area contributed by atoms with Gasteiger partial charge in [0.05, 0.1) is 11.4 Å². The fourth-order valence-electron chi connectivity index (χ4n) is 6.48. The molecule has 0 spiro atoms. The Morgan fingerprint density at radius 1 is 0.436 bits per heavy atom. The minimum Gasteiger partial charge on any atom is -0.454 e. The monoisotopic (exact) mass is 500 g/mol. The van der Waals surface area contributed by atoms with Crippen LogP contribution in [0.5, 0.6) is 0 Å². The van der Waals surface area contributed by atoms with Crippen molar-refractivity contribution in [1.29, 1.82) is 0 Å². The average molecular weight is 500 g/mol. The molecule has 39 heavy (non-hydrogen) atoms. The Morgan fingerprint density at radius 3 is 1.36 bits per heavy atom. The van der Waals surface area contributed by atoms with Crippen LogP contribution in [0.2, 0.25) is 0 Å². The van der Waals surface area contributed by atoms with Crippen molar-refractivity contribution in [2.45, 2.75) is 0 Å². The molecule has 0 amide bonds. The maximum absolute atomic E-state index is 6.64. The van der Waals surface area contributed by atoms with Gasteiger partial charge >= 0.3 is 6.98 Å². The normalized spacial score (nSPS) is 13.5. The maximum atomic E-state index is 6.64. The molecule has 0 saturated carbocycles. The molecule has 2 aromatic heterocycles. The highest BCUT2D eigenvalue weighted by Gasteiger charge is 2.50. The fourth-order valence-corrected chi connectivity index (χ4v) is 6.48. The van der Waals surface area contributed by atoms with Gasteiger partial charge in [0.15, 0.2) is 11.5 Å². The summed E-state index contributed by atoms with van der Waals surface area (Å²) >= 11 is 0. The number of nitrogens with zero attached hydrogens (tertiary/aromatic N) is 2. The number of furan rings is 2. The summed E-state index contributed by atoms with van der Waals surface area (Å²) in [6, 6.07) is 44.5. The summed E-state index contributed by atoms with van der Waals surface area (Å²) in [5.74, 6) is 1.78. The van der Waals surface area contributed by atoms with Gasteiger partial charge in [0.25, 0.3) is 0 Å². The molecule has 4 nitrogen and oxygen atoms in total. The van der Waals surface area contributed by atoms with Gasteiger partial charge in [0.2, 0.25) is 0 Å². The highest BCUT2D eigenvalue weighted by Crippen LogP contribution is 2.53. The second kappa shape index (κ2) is 7.68. The summed E-state index contributed by atoms with van der Waals surface area (Å²) in [4.78, 5) is 4.90. The van der Waals surface area contributed by atoms with Crippen molar-refractivity contribution in [1.82, 2.24) is 0 Å². The van der Waals surface area contributed by atoms with E-state index >= 15 is 0 Å². The molecule has 0 radical (unpaired) electrons. The van der Waals surface area contributed by atoms with Crippen LogP contribution in [0, 0.1) is 0 Å². The van der Waals surface area contributed by atoms with Crippen LogP contribution in [0.1, 0.15) is 0 Å². The van der Waals surface area contributed by atoms with Gasteiger partial charge in [-0.1, -0.05) is 78.9 Å². The van der Waals surface area contributed by atoms with Crippen LogP contribution in [0.25, 0.3) is 44.6 Å². The number of hydrogen-bond acceptors (Lipinski definition) is 4. The quantitative estimate of drug-likeness (QED) is 0.223. The van der Waals surface area contributed by atoms with E-state index in [1.54, 1.807) is 0 Å². The van der Waals surface area contributed by atoms with Crippen molar-refractivity contribution < 1.29 is 8.83 Å². The number of benzene rings is 5. The molecule has 7 aromatic rings. The van der Waals surface area contributed by atoms with E-state index in [1.807, 2.05) is 12.1 Å². The van der Waals surface area contributed by atoms with Crippen molar-refractivity contribution in [3.05, 3.63) is 127 Å². The molecule has 4 heterocycles. The second-order valence-electron chi connectivity index (χ2n) is 10.1. The summed E-state index contributed by atoms with van der Waals surface area (Å²) in [7, 11) is 0. The fraction of sp³-hybridized carbons (Fsp3) is 0. The van der Waals surface area contributed by atoms with E-state index < -0.39 is 0 Å². The minimum absolute atomic E-state index is 0.164. The molecular formula is C34H21BN2O2. The van der Waals surface area contributed by atoms with Crippen molar-refractivity contribution in [2.75, 3.05) is 9.62 Å². The number of fused-ring (bicyclic) bond motifs is 8. The second-order valence-corrected chi connectivity index (χ2v) is 10.1. The first-order chi connectivity index (χ1) is 19.4. The summed E-state index contributed by atoms with van der Waals surface area (Å²) in [6.07, 6.45) is 0. The highest BCUT2D eigenvalue weighted by atomic mass is 16.3. The van der Waals surface area contributed by atoms with Crippen LogP contribution in [0.3, 0.4) is 0 Å². The van der Waals surface area contributed by atoms with Gasteiger partial charge < -0.3 is 18.5 Å². The molecule has 0 unspecified atom stereocenters. The average Bonchev–Trinajstić information content (AvgIpc) is 3.58. The van der Waals surface area contributed by atoms with Crippen LogP contribution in [0.4, 0.5) is 22.7 Å². The van der Waals surface area contributed by atoms with Gasteiger partial charge in [-0.05, 0) is 54.0 Å². The molecule has 0 atom stereocenters. The number of para-hydroxylation sites is 4. The predicted molar refractivity (Wildman–Crippen MR) is 159 cm³/mol. The topological polar surface area (TPSA) is 32.8 Å². The molecule has 0 bridgehead atoms. The first-order valence-corrected chi connectivity index (χ1v) is 13.2. The standard InChI is InChI=1S/C34H21BN2O2/c1-3-12-22(13-4-1)36-31-24-16-7-9-20-28(24)38-33(31)26-18-11-19-27-30(26)35(36)37(23-14-5-2-6-15-23)32-25-17-8-10-21-29(25)39-34(27)32/h1-21H. The summed E-state index contributed by atoms with van der Waals surface area (Å²) in [6.45, 7) is -0.164. The smallest absolute Gasteiger partial charge is 0.422 e. The number of hydrogen-bond donors (Lipinski definition) is 0. The molecule has 5 heteroatoms. The first-order valence-electron chi connectivity index (χ1n) is 13.2. The molecule has 2 aliphatic heterocycles. The van der Waals surface area contributed by atoms with E-state index in [2.05, 4.69) is 125 Å². The van der Waals surface area contributed by atoms with E-state index in [0.29, 0.717) is 0 Å². The van der Waals surface area contributed by atoms with E-state index in [1.165, 1.54) is 5.46 Å². The number of rotatable bonds is 2. The Labute approximate surface area is 225 Å². The lowest BCUT2D eigenvalue weighted by molar-refractivity contribution is 0.629. The Balaban J connectivity index is 1.47. The Bertz CT molecular complexity index is 1900.